The van der Waals surface area contributed by atoms with Gasteiger partial charge in [0, 0.05) is 19.8 Å². The van der Waals surface area contributed by atoms with E-state index in [0.717, 1.165) is 11.4 Å². The summed E-state index contributed by atoms with van der Waals surface area (Å²) in [6, 6.07) is -0.499. The minimum Gasteiger partial charge on any atom is -0.462 e. The number of nitrogens with one attached hydrogen (secondary N) is 2. The summed E-state index contributed by atoms with van der Waals surface area (Å²) in [6.07, 6.45) is 1.50. The van der Waals surface area contributed by atoms with Crippen molar-refractivity contribution in [2.45, 2.75) is 34.2 Å². The SMILES string of the molecule is CCOC(=O)c1cn(C)nc1NC(=O)Nc1c(C)nn(CC)c1C. The maximum absolute atomic E-state index is 12.3. The van der Waals surface area contributed by atoms with Crippen LogP contribution in [0.15, 0.2) is 6.20 Å². The van der Waals surface area contributed by atoms with E-state index in [0.29, 0.717) is 12.2 Å². The Hall–Kier alpha value is -2.84. The third-order valence-corrected chi connectivity index (χ3v) is 3.48. The molecule has 0 aromatic carbocycles. The Bertz CT molecular complexity index is 762. The number of carbonyl (C=O) groups is 2. The summed E-state index contributed by atoms with van der Waals surface area (Å²) in [6.45, 7) is 8.34. The van der Waals surface area contributed by atoms with Crippen molar-refractivity contribution in [3.63, 3.8) is 0 Å². The molecule has 0 bridgehead atoms. The number of nitrogens with zero attached hydrogens (tertiary/aromatic N) is 4. The number of anilines is 2. The molecular weight excluding hydrogens is 312 g/mol. The zero-order valence-corrected chi connectivity index (χ0v) is 14.5. The van der Waals surface area contributed by atoms with Crippen LogP contribution in [0.3, 0.4) is 0 Å². The van der Waals surface area contributed by atoms with Crippen LogP contribution in [0.2, 0.25) is 0 Å². The third kappa shape index (κ3) is 3.55. The minimum absolute atomic E-state index is 0.145. The molecule has 2 rings (SSSR count). The number of aryl methyl sites for hydroxylation is 3. The van der Waals surface area contributed by atoms with Gasteiger partial charge in [-0.2, -0.15) is 10.2 Å². The van der Waals surface area contributed by atoms with E-state index in [1.165, 1.54) is 10.9 Å². The highest BCUT2D eigenvalue weighted by Crippen LogP contribution is 2.20. The Morgan fingerprint density at radius 2 is 1.92 bits per heavy atom. The van der Waals surface area contributed by atoms with Gasteiger partial charge < -0.3 is 10.1 Å². The van der Waals surface area contributed by atoms with E-state index in [1.54, 1.807) is 18.7 Å². The fourth-order valence-electron chi connectivity index (χ4n) is 2.38. The second-order valence-corrected chi connectivity index (χ2v) is 5.23. The highest BCUT2D eigenvalue weighted by molar-refractivity contribution is 6.04. The molecule has 0 aliphatic heterocycles. The van der Waals surface area contributed by atoms with Gasteiger partial charge in [-0.3, -0.25) is 14.7 Å². The monoisotopic (exact) mass is 334 g/mol. The van der Waals surface area contributed by atoms with Gasteiger partial charge in [0.2, 0.25) is 0 Å². The number of rotatable bonds is 5. The molecule has 2 aromatic heterocycles. The van der Waals surface area contributed by atoms with Crippen LogP contribution in [0.25, 0.3) is 0 Å². The molecule has 9 nitrogen and oxygen atoms in total. The molecule has 2 N–H and O–H groups in total. The molecule has 0 fully saturated rings. The molecule has 0 unspecified atom stereocenters. The first-order valence-corrected chi connectivity index (χ1v) is 7.70. The zero-order valence-electron chi connectivity index (χ0n) is 14.5. The van der Waals surface area contributed by atoms with Crippen LogP contribution in [0.4, 0.5) is 16.3 Å². The molecule has 0 aliphatic carbocycles. The largest absolute Gasteiger partial charge is 0.462 e. The van der Waals surface area contributed by atoms with Crippen LogP contribution >= 0.6 is 0 Å². The lowest BCUT2D eigenvalue weighted by Gasteiger charge is -2.08. The smallest absolute Gasteiger partial charge is 0.343 e. The van der Waals surface area contributed by atoms with Gasteiger partial charge in [0.15, 0.2) is 5.82 Å². The molecular formula is C15H22N6O3. The predicted octanol–water partition coefficient (Wildman–Crippen LogP) is 2.07. The molecule has 0 radical (unpaired) electrons. The number of carbonyl (C=O) groups excluding carboxylic acids is 2. The van der Waals surface area contributed by atoms with Crippen molar-refractivity contribution < 1.29 is 14.3 Å². The fourth-order valence-corrected chi connectivity index (χ4v) is 2.38. The van der Waals surface area contributed by atoms with E-state index < -0.39 is 12.0 Å². The number of hydrogen-bond acceptors (Lipinski definition) is 5. The first-order valence-electron chi connectivity index (χ1n) is 7.70. The molecule has 0 saturated heterocycles. The van der Waals surface area contributed by atoms with Gasteiger partial charge in [-0.25, -0.2) is 9.59 Å². The molecule has 2 aromatic rings. The normalized spacial score (nSPS) is 10.5. The lowest BCUT2D eigenvalue weighted by Crippen LogP contribution is -2.22. The van der Waals surface area contributed by atoms with Crippen LogP contribution in [0.5, 0.6) is 0 Å². The summed E-state index contributed by atoms with van der Waals surface area (Å²) in [5.41, 5.74) is 2.42. The predicted molar refractivity (Wildman–Crippen MR) is 89.2 cm³/mol. The second kappa shape index (κ2) is 7.16. The quantitative estimate of drug-likeness (QED) is 0.815. The number of ether oxygens (including phenoxy) is 1. The van der Waals surface area contributed by atoms with Crippen molar-refractivity contribution in [3.8, 4) is 0 Å². The molecule has 0 atom stereocenters. The van der Waals surface area contributed by atoms with Gasteiger partial charge in [-0.05, 0) is 27.7 Å². The Morgan fingerprint density at radius 1 is 1.21 bits per heavy atom. The summed E-state index contributed by atoms with van der Waals surface area (Å²) < 4.78 is 8.20. The molecule has 130 valence electrons. The summed E-state index contributed by atoms with van der Waals surface area (Å²) in [5, 5.41) is 13.8. The lowest BCUT2D eigenvalue weighted by atomic mass is 10.3. The zero-order chi connectivity index (χ0) is 17.9. The third-order valence-electron chi connectivity index (χ3n) is 3.48. The van der Waals surface area contributed by atoms with Gasteiger partial charge in [0.25, 0.3) is 0 Å². The van der Waals surface area contributed by atoms with Crippen LogP contribution < -0.4 is 10.6 Å². The molecule has 2 amide bonds. The van der Waals surface area contributed by atoms with Crippen molar-refractivity contribution in [2.24, 2.45) is 7.05 Å². The lowest BCUT2D eigenvalue weighted by molar-refractivity contribution is 0.0527. The van der Waals surface area contributed by atoms with Crippen molar-refractivity contribution in [2.75, 3.05) is 17.2 Å². The van der Waals surface area contributed by atoms with Crippen LogP contribution in [0, 0.1) is 13.8 Å². The van der Waals surface area contributed by atoms with Crippen molar-refractivity contribution >= 4 is 23.5 Å². The van der Waals surface area contributed by atoms with Gasteiger partial charge in [-0.1, -0.05) is 0 Å². The Morgan fingerprint density at radius 3 is 2.50 bits per heavy atom. The number of amides is 2. The van der Waals surface area contributed by atoms with Crippen LogP contribution in [0.1, 0.15) is 35.6 Å². The summed E-state index contributed by atoms with van der Waals surface area (Å²) in [5.74, 6) is -0.390. The maximum atomic E-state index is 12.3. The first-order chi connectivity index (χ1) is 11.4. The number of hydrogen-bond donors (Lipinski definition) is 2. The highest BCUT2D eigenvalue weighted by atomic mass is 16.5. The Kier molecular flexibility index (Phi) is 5.22. The van der Waals surface area contributed by atoms with E-state index in [-0.39, 0.29) is 18.0 Å². The van der Waals surface area contributed by atoms with E-state index >= 15 is 0 Å². The van der Waals surface area contributed by atoms with E-state index in [2.05, 4.69) is 20.8 Å². The maximum Gasteiger partial charge on any atom is 0.343 e. The number of esters is 1. The summed E-state index contributed by atoms with van der Waals surface area (Å²) in [7, 11) is 1.66. The molecule has 2 heterocycles. The number of urea groups is 1. The van der Waals surface area contributed by atoms with Crippen LogP contribution in [-0.4, -0.2) is 38.2 Å². The first kappa shape index (κ1) is 17.5. The Balaban J connectivity index is 2.16. The van der Waals surface area contributed by atoms with Crippen molar-refractivity contribution in [3.05, 3.63) is 23.1 Å². The summed E-state index contributed by atoms with van der Waals surface area (Å²) >= 11 is 0. The molecule has 0 spiro atoms. The van der Waals surface area contributed by atoms with Gasteiger partial charge in [0.1, 0.15) is 5.56 Å². The minimum atomic E-state index is -0.535. The standard InChI is InChI=1S/C15H22N6O3/c1-6-21-10(4)12(9(3)18-21)16-15(23)17-13-11(8-20(5)19-13)14(22)24-7-2/h8H,6-7H2,1-5H3,(H2,16,17,19,23). The Labute approximate surface area is 140 Å². The average molecular weight is 334 g/mol. The summed E-state index contributed by atoms with van der Waals surface area (Å²) in [4.78, 5) is 24.2. The van der Waals surface area contributed by atoms with E-state index in [1.807, 2.05) is 20.8 Å². The van der Waals surface area contributed by atoms with Gasteiger partial charge in [-0.15, -0.1) is 0 Å². The van der Waals surface area contributed by atoms with Crippen molar-refractivity contribution in [1.29, 1.82) is 0 Å². The second-order valence-electron chi connectivity index (χ2n) is 5.23. The van der Waals surface area contributed by atoms with Gasteiger partial charge in [0.05, 0.1) is 23.7 Å². The van der Waals surface area contributed by atoms with E-state index in [4.69, 9.17) is 4.74 Å². The topological polar surface area (TPSA) is 103 Å². The van der Waals surface area contributed by atoms with Gasteiger partial charge >= 0.3 is 12.0 Å². The molecule has 24 heavy (non-hydrogen) atoms. The molecule has 0 saturated carbocycles. The molecule has 9 heteroatoms. The van der Waals surface area contributed by atoms with E-state index in [9.17, 15) is 9.59 Å². The average Bonchev–Trinajstić information content (AvgIpc) is 3.01. The van der Waals surface area contributed by atoms with Crippen LogP contribution in [-0.2, 0) is 18.3 Å². The fraction of sp³-hybridized carbons (Fsp3) is 0.467. The van der Waals surface area contributed by atoms with Crippen molar-refractivity contribution in [1.82, 2.24) is 19.6 Å². The highest BCUT2D eigenvalue weighted by Gasteiger charge is 2.20. The molecule has 0 aliphatic rings. The number of aromatic nitrogens is 4.